The molecule has 1 aromatic carbocycles. The number of fused-ring (bicyclic) bond motifs is 1. The van der Waals surface area contributed by atoms with Gasteiger partial charge in [0.05, 0.1) is 11.3 Å². The number of aromatic carboxylic acids is 1. The quantitative estimate of drug-likeness (QED) is 0.522. The van der Waals surface area contributed by atoms with Crippen LogP contribution in [0.4, 0.5) is 0 Å². The lowest BCUT2D eigenvalue weighted by Gasteiger charge is -2.20. The molecule has 1 aromatic rings. The van der Waals surface area contributed by atoms with Crippen molar-refractivity contribution in [3.05, 3.63) is 41.5 Å². The van der Waals surface area contributed by atoms with E-state index in [-0.39, 0.29) is 0 Å². The lowest BCUT2D eigenvalue weighted by Crippen LogP contribution is -2.15. The number of oxime groups is 1. The molecule has 0 saturated heterocycles. The third-order valence-electron chi connectivity index (χ3n) is 2.91. The van der Waals surface area contributed by atoms with Crippen LogP contribution in [0.2, 0.25) is 0 Å². The summed E-state index contributed by atoms with van der Waals surface area (Å²) in [4.78, 5) is 17.4. The van der Waals surface area contributed by atoms with Crippen LogP contribution >= 0.6 is 11.8 Å². The molecule has 0 atom stereocenters. The molecule has 100 valence electrons. The highest BCUT2D eigenvalue weighted by Crippen LogP contribution is 2.34. The molecule has 5 heteroatoms. The van der Waals surface area contributed by atoms with Gasteiger partial charge in [0.1, 0.15) is 6.61 Å². The Morgan fingerprint density at radius 3 is 3.11 bits per heavy atom. The fourth-order valence-electron chi connectivity index (χ4n) is 2.04. The van der Waals surface area contributed by atoms with Gasteiger partial charge in [-0.3, -0.25) is 0 Å². The molecule has 0 saturated carbocycles. The highest BCUT2D eigenvalue weighted by molar-refractivity contribution is 7.99. The van der Waals surface area contributed by atoms with Gasteiger partial charge < -0.3 is 9.94 Å². The Morgan fingerprint density at radius 2 is 2.42 bits per heavy atom. The van der Waals surface area contributed by atoms with E-state index in [1.165, 1.54) is 0 Å². The third-order valence-corrected chi connectivity index (χ3v) is 3.97. The van der Waals surface area contributed by atoms with Gasteiger partial charge in [-0.05, 0) is 24.6 Å². The first-order chi connectivity index (χ1) is 9.15. The van der Waals surface area contributed by atoms with E-state index in [0.29, 0.717) is 12.2 Å². The molecule has 0 aromatic heterocycles. The molecule has 0 aliphatic carbocycles. The van der Waals surface area contributed by atoms with E-state index in [2.05, 4.69) is 11.7 Å². The van der Waals surface area contributed by atoms with E-state index in [1.807, 2.05) is 13.0 Å². The number of carboxylic acids is 1. The molecule has 0 unspecified atom stereocenters. The van der Waals surface area contributed by atoms with Crippen molar-refractivity contribution in [2.75, 3.05) is 12.4 Å². The lowest BCUT2D eigenvalue weighted by atomic mass is 9.97. The summed E-state index contributed by atoms with van der Waals surface area (Å²) in [7, 11) is 0. The van der Waals surface area contributed by atoms with E-state index in [4.69, 9.17) is 4.84 Å². The topological polar surface area (TPSA) is 58.9 Å². The summed E-state index contributed by atoms with van der Waals surface area (Å²) in [6, 6.07) is 3.50. The summed E-state index contributed by atoms with van der Waals surface area (Å²) in [6.45, 7) is 5.73. The van der Waals surface area contributed by atoms with Gasteiger partial charge in [-0.2, -0.15) is 0 Å². The van der Waals surface area contributed by atoms with Gasteiger partial charge in [0, 0.05) is 22.6 Å². The molecule has 0 amide bonds. The first kappa shape index (κ1) is 13.7. The minimum absolute atomic E-state index is 0.317. The number of hydrogen-bond acceptors (Lipinski definition) is 4. The molecule has 0 fully saturated rings. The predicted octanol–water partition coefficient (Wildman–Crippen LogP) is 3.10. The fraction of sp³-hybridized carbons (Fsp3) is 0.286. The number of hydrogen-bond donors (Lipinski definition) is 1. The minimum atomic E-state index is -0.915. The normalized spacial score (nSPS) is 15.9. The first-order valence-electron chi connectivity index (χ1n) is 5.95. The summed E-state index contributed by atoms with van der Waals surface area (Å²) in [5, 5.41) is 13.3. The highest BCUT2D eigenvalue weighted by Gasteiger charge is 2.22. The van der Waals surface area contributed by atoms with Crippen molar-refractivity contribution >= 4 is 23.4 Å². The number of nitrogens with zero attached hydrogens (tertiary/aromatic N) is 1. The van der Waals surface area contributed by atoms with Crippen molar-refractivity contribution in [2.45, 2.75) is 18.2 Å². The zero-order valence-electron chi connectivity index (χ0n) is 10.7. The van der Waals surface area contributed by atoms with Crippen LogP contribution in [-0.4, -0.2) is 29.1 Å². The zero-order valence-corrected chi connectivity index (χ0v) is 11.5. The van der Waals surface area contributed by atoms with Crippen LogP contribution in [0.3, 0.4) is 0 Å². The number of carbonyl (C=O) groups is 1. The highest BCUT2D eigenvalue weighted by atomic mass is 32.2. The van der Waals surface area contributed by atoms with E-state index in [9.17, 15) is 9.90 Å². The Labute approximate surface area is 116 Å². The number of rotatable bonds is 4. The average molecular weight is 277 g/mol. The van der Waals surface area contributed by atoms with Gasteiger partial charge in [-0.15, -0.1) is 11.8 Å². The maximum absolute atomic E-state index is 11.2. The van der Waals surface area contributed by atoms with Crippen LogP contribution in [-0.2, 0) is 4.84 Å². The maximum atomic E-state index is 11.2. The van der Waals surface area contributed by atoms with Gasteiger partial charge in [-0.25, -0.2) is 4.79 Å². The molecule has 0 bridgehead atoms. The molecule has 4 nitrogen and oxygen atoms in total. The van der Waals surface area contributed by atoms with E-state index >= 15 is 0 Å². The molecule has 1 N–H and O–H groups in total. The Bertz CT molecular complexity index is 552. The third kappa shape index (κ3) is 2.81. The van der Waals surface area contributed by atoms with Crippen molar-refractivity contribution < 1.29 is 14.7 Å². The van der Waals surface area contributed by atoms with E-state index < -0.39 is 5.97 Å². The zero-order chi connectivity index (χ0) is 13.8. The molecule has 19 heavy (non-hydrogen) atoms. The van der Waals surface area contributed by atoms with E-state index in [0.717, 1.165) is 33.9 Å². The standard InChI is InChI=1S/C14H15NO3S/c1-3-7-18-15-11-6-8-19-12-5-4-10(14(16)17)9(2)13(11)12/h3-5H,1,6-8H2,2H3,(H,16,17)/b15-11+. The molecule has 1 aliphatic heterocycles. The van der Waals surface area contributed by atoms with Gasteiger partial charge in [-0.1, -0.05) is 17.8 Å². The number of benzene rings is 1. The van der Waals surface area contributed by atoms with Crippen LogP contribution in [0, 0.1) is 6.92 Å². The van der Waals surface area contributed by atoms with Crippen LogP contribution < -0.4 is 0 Å². The molecule has 1 heterocycles. The predicted molar refractivity (Wildman–Crippen MR) is 76.2 cm³/mol. The van der Waals surface area contributed by atoms with Crippen molar-refractivity contribution in [3.63, 3.8) is 0 Å². The molecule has 1 aliphatic rings. The van der Waals surface area contributed by atoms with E-state index in [1.54, 1.807) is 23.9 Å². The maximum Gasteiger partial charge on any atom is 0.335 e. The minimum Gasteiger partial charge on any atom is -0.478 e. The Hall–Kier alpha value is -1.75. The summed E-state index contributed by atoms with van der Waals surface area (Å²) in [5.41, 5.74) is 2.78. The van der Waals surface area contributed by atoms with Crippen LogP contribution in [0.5, 0.6) is 0 Å². The van der Waals surface area contributed by atoms with Crippen LogP contribution in [0.15, 0.2) is 34.8 Å². The van der Waals surface area contributed by atoms with Crippen molar-refractivity contribution in [2.24, 2.45) is 5.16 Å². The summed E-state index contributed by atoms with van der Waals surface area (Å²) in [5.74, 6) is 0.0111. The Balaban J connectivity index is 2.46. The number of thioether (sulfide) groups is 1. The van der Waals surface area contributed by atoms with Crippen LogP contribution in [0.1, 0.15) is 27.9 Å². The first-order valence-corrected chi connectivity index (χ1v) is 6.93. The monoisotopic (exact) mass is 277 g/mol. The average Bonchev–Trinajstić information content (AvgIpc) is 2.39. The van der Waals surface area contributed by atoms with Crippen molar-refractivity contribution in [1.29, 1.82) is 0 Å². The molecular formula is C14H15NO3S. The second kappa shape index (κ2) is 5.93. The fourth-order valence-corrected chi connectivity index (χ4v) is 3.13. The molecular weight excluding hydrogens is 262 g/mol. The molecule has 0 spiro atoms. The smallest absolute Gasteiger partial charge is 0.335 e. The summed E-state index contributed by atoms with van der Waals surface area (Å²) in [6.07, 6.45) is 2.40. The second-order valence-electron chi connectivity index (χ2n) is 4.14. The van der Waals surface area contributed by atoms with Crippen molar-refractivity contribution in [3.8, 4) is 0 Å². The largest absolute Gasteiger partial charge is 0.478 e. The van der Waals surface area contributed by atoms with Gasteiger partial charge in [0.25, 0.3) is 0 Å². The summed E-state index contributed by atoms with van der Waals surface area (Å²) < 4.78 is 0. The number of carboxylic acid groups (broad SMARTS) is 1. The van der Waals surface area contributed by atoms with Crippen molar-refractivity contribution in [1.82, 2.24) is 0 Å². The second-order valence-corrected chi connectivity index (χ2v) is 5.27. The SMILES string of the molecule is C=CCO/N=C1\CCSc2ccc(C(=O)O)c(C)c21. The van der Waals surface area contributed by atoms with Crippen LogP contribution in [0.25, 0.3) is 0 Å². The van der Waals surface area contributed by atoms with Gasteiger partial charge in [0.2, 0.25) is 0 Å². The molecule has 0 radical (unpaired) electrons. The molecule has 2 rings (SSSR count). The van der Waals surface area contributed by atoms with Gasteiger partial charge in [0.15, 0.2) is 0 Å². The Kier molecular flexibility index (Phi) is 4.27. The van der Waals surface area contributed by atoms with Gasteiger partial charge >= 0.3 is 5.97 Å². The summed E-state index contributed by atoms with van der Waals surface area (Å²) >= 11 is 1.72. The Morgan fingerprint density at radius 1 is 1.63 bits per heavy atom. The lowest BCUT2D eigenvalue weighted by molar-refractivity contribution is 0.0696.